The Kier molecular flexibility index (Phi) is 5.99. The van der Waals surface area contributed by atoms with Crippen LogP contribution in [-0.2, 0) is 17.8 Å². The van der Waals surface area contributed by atoms with E-state index in [0.29, 0.717) is 6.42 Å². The van der Waals surface area contributed by atoms with Gasteiger partial charge in [-0.25, -0.2) is 0 Å². The van der Waals surface area contributed by atoms with Crippen molar-refractivity contribution >= 4 is 29.7 Å². The molecule has 4 nitrogen and oxygen atoms in total. The Hall–Kier alpha value is -0.810. The molecule has 1 aromatic rings. The van der Waals surface area contributed by atoms with Crippen molar-refractivity contribution in [1.29, 1.82) is 0 Å². The fraction of sp³-hybridized carbons (Fsp3) is 0.857. The second kappa shape index (κ2) is 8.64. The van der Waals surface area contributed by atoms with Crippen molar-refractivity contribution in [3.8, 4) is 0 Å². The van der Waals surface area contributed by atoms with Gasteiger partial charge in [0, 0.05) is 23.2 Å². The lowest BCUT2D eigenvalue weighted by Crippen LogP contribution is -2.60. The monoisotopic (exact) mass is 503 g/mol. The van der Waals surface area contributed by atoms with Crippen LogP contribution in [0.2, 0.25) is 0 Å². The van der Waals surface area contributed by atoms with Gasteiger partial charge in [0.05, 0.1) is 12.0 Å². The smallest absolute Gasteiger partial charge is 0.226 e. The van der Waals surface area contributed by atoms with Crippen LogP contribution < -0.4 is 10.1 Å². The zero-order valence-corrected chi connectivity index (χ0v) is 22.4. The molecule has 0 radical (unpaired) electrons. The topological polar surface area (TPSA) is 46.4 Å². The molecule has 0 unspecified atom stereocenters. The number of thiazole rings is 1. The van der Waals surface area contributed by atoms with Crippen LogP contribution in [-0.4, -0.2) is 21.6 Å². The van der Waals surface area contributed by atoms with Gasteiger partial charge in [-0.2, -0.15) is 0 Å². The van der Waals surface area contributed by atoms with Crippen LogP contribution in [0.25, 0.3) is 0 Å². The molecule has 0 spiro atoms. The molecule has 188 valence electrons. The maximum Gasteiger partial charge on any atom is 0.226 e. The van der Waals surface area contributed by atoms with Gasteiger partial charge in [0.25, 0.3) is 0 Å². The Morgan fingerprint density at radius 1 is 0.941 bits per heavy atom. The van der Waals surface area contributed by atoms with E-state index in [-0.39, 0.29) is 29.4 Å². The number of aromatic nitrogens is 1. The fourth-order valence-electron chi connectivity index (χ4n) is 10.2. The molecule has 1 amide bonds. The molecule has 0 atom stereocenters. The number of rotatable bonds is 6. The molecule has 1 N–H and O–H groups in total. The first kappa shape index (κ1) is 23.6. The highest BCUT2D eigenvalue weighted by molar-refractivity contribution is 7.07. The molecule has 6 heteroatoms. The SMILES string of the molecule is CCCn1c(CC(=O)NC23CC4CC(CC(C4)C2)C3)csc1=NC12CC3CC(CC(C3)C1)C2.Cl. The summed E-state index contributed by atoms with van der Waals surface area (Å²) >= 11 is 1.79. The van der Waals surface area contributed by atoms with Crippen LogP contribution >= 0.6 is 23.7 Å². The van der Waals surface area contributed by atoms with Gasteiger partial charge in [-0.05, 0) is 119 Å². The first-order valence-corrected chi connectivity index (χ1v) is 14.9. The van der Waals surface area contributed by atoms with E-state index < -0.39 is 0 Å². The van der Waals surface area contributed by atoms with Gasteiger partial charge in [0.2, 0.25) is 5.91 Å². The Morgan fingerprint density at radius 3 is 1.94 bits per heavy atom. The van der Waals surface area contributed by atoms with E-state index in [9.17, 15) is 4.79 Å². The summed E-state index contributed by atoms with van der Waals surface area (Å²) in [7, 11) is 0. The van der Waals surface area contributed by atoms with Gasteiger partial charge >= 0.3 is 0 Å². The number of hydrogen-bond donors (Lipinski definition) is 1. The predicted octanol–water partition coefficient (Wildman–Crippen LogP) is 5.88. The Bertz CT molecular complexity index is 939. The van der Waals surface area contributed by atoms with E-state index in [1.807, 2.05) is 0 Å². The summed E-state index contributed by atoms with van der Waals surface area (Å²) in [6.45, 7) is 3.23. The summed E-state index contributed by atoms with van der Waals surface area (Å²) in [6, 6.07) is 0. The van der Waals surface area contributed by atoms with E-state index in [2.05, 4.69) is 22.2 Å². The second-order valence-electron chi connectivity index (χ2n) is 13.3. The molecule has 8 fully saturated rings. The number of nitrogens with zero attached hydrogens (tertiary/aromatic N) is 2. The summed E-state index contributed by atoms with van der Waals surface area (Å²) in [6.07, 6.45) is 17.9. The van der Waals surface area contributed by atoms with Gasteiger partial charge in [-0.1, -0.05) is 6.92 Å². The lowest BCUT2D eigenvalue weighted by molar-refractivity contribution is -0.126. The first-order chi connectivity index (χ1) is 16.0. The van der Waals surface area contributed by atoms with Gasteiger partial charge in [0.1, 0.15) is 0 Å². The van der Waals surface area contributed by atoms with E-state index in [1.165, 1.54) is 87.5 Å². The molecule has 1 aromatic heterocycles. The van der Waals surface area contributed by atoms with Gasteiger partial charge < -0.3 is 9.88 Å². The molecule has 1 heterocycles. The van der Waals surface area contributed by atoms with Crippen molar-refractivity contribution in [1.82, 2.24) is 9.88 Å². The minimum atomic E-state index is 0. The standard InChI is InChI=1S/C28H41N3OS.ClH/c1-2-3-31-24(10-25(32)29-27-11-18-4-19(12-27)6-20(5-18)13-27)17-33-26(31)30-28-14-21-7-22(15-28)9-23(8-21)16-28;/h17-23H,2-16H2,1H3,(H,29,32);1H. The number of carbonyl (C=O) groups excluding carboxylic acids is 1. The fourth-order valence-corrected chi connectivity index (χ4v) is 11.3. The number of nitrogens with one attached hydrogen (secondary N) is 1. The van der Waals surface area contributed by atoms with Crippen molar-refractivity contribution < 1.29 is 4.79 Å². The van der Waals surface area contributed by atoms with Crippen LogP contribution in [0.15, 0.2) is 10.4 Å². The van der Waals surface area contributed by atoms with Crippen molar-refractivity contribution in [2.24, 2.45) is 40.5 Å². The van der Waals surface area contributed by atoms with Crippen molar-refractivity contribution in [2.45, 2.75) is 114 Å². The molecule has 34 heavy (non-hydrogen) atoms. The average molecular weight is 504 g/mol. The predicted molar refractivity (Wildman–Crippen MR) is 139 cm³/mol. The summed E-state index contributed by atoms with van der Waals surface area (Å²) in [5, 5.41) is 5.84. The van der Waals surface area contributed by atoms with Gasteiger partial charge in [-0.15, -0.1) is 23.7 Å². The average Bonchev–Trinajstić information content (AvgIpc) is 3.06. The Labute approximate surface area is 214 Å². The van der Waals surface area contributed by atoms with Crippen LogP contribution in [0.4, 0.5) is 0 Å². The highest BCUT2D eigenvalue weighted by Gasteiger charge is 2.52. The minimum Gasteiger partial charge on any atom is -0.350 e. The summed E-state index contributed by atoms with van der Waals surface area (Å²) in [5.74, 6) is 5.62. The molecule has 9 rings (SSSR count). The molecular weight excluding hydrogens is 462 g/mol. The number of hydrogen-bond acceptors (Lipinski definition) is 3. The number of halogens is 1. The van der Waals surface area contributed by atoms with E-state index in [4.69, 9.17) is 4.99 Å². The third-order valence-electron chi connectivity index (χ3n) is 10.4. The summed E-state index contributed by atoms with van der Waals surface area (Å²) < 4.78 is 2.41. The van der Waals surface area contributed by atoms with Crippen molar-refractivity contribution in [3.05, 3.63) is 15.9 Å². The van der Waals surface area contributed by atoms with E-state index >= 15 is 0 Å². The molecule has 8 aliphatic carbocycles. The van der Waals surface area contributed by atoms with Crippen molar-refractivity contribution in [2.75, 3.05) is 0 Å². The van der Waals surface area contributed by atoms with Crippen LogP contribution in [0.3, 0.4) is 0 Å². The molecule has 8 bridgehead atoms. The molecule has 0 saturated heterocycles. The highest BCUT2D eigenvalue weighted by atomic mass is 35.5. The maximum absolute atomic E-state index is 13.3. The largest absolute Gasteiger partial charge is 0.350 e. The van der Waals surface area contributed by atoms with Gasteiger partial charge in [0.15, 0.2) is 4.80 Å². The summed E-state index contributed by atoms with van der Waals surface area (Å²) in [4.78, 5) is 20.0. The highest BCUT2D eigenvalue weighted by Crippen LogP contribution is 2.57. The maximum atomic E-state index is 13.3. The van der Waals surface area contributed by atoms with E-state index in [0.717, 1.165) is 48.5 Å². The molecule has 0 aromatic carbocycles. The van der Waals surface area contributed by atoms with E-state index in [1.54, 1.807) is 11.3 Å². The Morgan fingerprint density at radius 2 is 1.44 bits per heavy atom. The summed E-state index contributed by atoms with van der Waals surface area (Å²) in [5.41, 5.74) is 1.50. The zero-order valence-electron chi connectivity index (χ0n) is 20.8. The molecule has 8 saturated carbocycles. The minimum absolute atomic E-state index is 0. The van der Waals surface area contributed by atoms with Crippen LogP contribution in [0, 0.1) is 35.5 Å². The third-order valence-corrected chi connectivity index (χ3v) is 11.4. The Balaban J connectivity index is 0.00000217. The number of amides is 1. The van der Waals surface area contributed by atoms with Crippen LogP contribution in [0.1, 0.15) is 96.1 Å². The first-order valence-electron chi connectivity index (χ1n) is 14.0. The number of carbonyl (C=O) groups is 1. The zero-order chi connectivity index (χ0) is 22.2. The lowest BCUT2D eigenvalue weighted by Gasteiger charge is -2.56. The lowest BCUT2D eigenvalue weighted by atomic mass is 9.53. The second-order valence-corrected chi connectivity index (χ2v) is 14.2. The third kappa shape index (κ3) is 4.11. The quantitative estimate of drug-likeness (QED) is 0.517. The van der Waals surface area contributed by atoms with Crippen molar-refractivity contribution in [3.63, 3.8) is 0 Å². The molecule has 8 aliphatic rings. The van der Waals surface area contributed by atoms with Gasteiger partial charge in [-0.3, -0.25) is 9.79 Å². The van der Waals surface area contributed by atoms with Crippen LogP contribution in [0.5, 0.6) is 0 Å². The molecular formula is C28H42ClN3OS. The normalized spacial score (nSPS) is 43.9. The molecule has 0 aliphatic heterocycles.